The Kier molecular flexibility index (Phi) is 6.43. The van der Waals surface area contributed by atoms with Gasteiger partial charge in [0.2, 0.25) is 5.91 Å². The summed E-state index contributed by atoms with van der Waals surface area (Å²) in [5.74, 6) is 0.494. The first-order chi connectivity index (χ1) is 15.1. The molecule has 2 heterocycles. The number of benzene rings is 2. The number of rotatable bonds is 6. The quantitative estimate of drug-likeness (QED) is 0.666. The van der Waals surface area contributed by atoms with E-state index in [0.717, 1.165) is 42.2 Å². The Morgan fingerprint density at radius 2 is 1.65 bits per heavy atom. The molecule has 1 saturated heterocycles. The van der Waals surface area contributed by atoms with Crippen molar-refractivity contribution in [1.29, 1.82) is 0 Å². The molecule has 4 rings (SSSR count). The lowest BCUT2D eigenvalue weighted by molar-refractivity contribution is -0.131. The Hall–Kier alpha value is -3.45. The predicted octanol–water partition coefficient (Wildman–Crippen LogP) is 2.72. The Bertz CT molecular complexity index is 1020. The summed E-state index contributed by atoms with van der Waals surface area (Å²) < 4.78 is 5.10. The molecule has 160 valence electrons. The van der Waals surface area contributed by atoms with E-state index in [1.807, 2.05) is 55.5 Å². The molecule has 0 radical (unpaired) electrons. The molecule has 0 unspecified atom stereocenters. The Morgan fingerprint density at radius 1 is 0.968 bits per heavy atom. The van der Waals surface area contributed by atoms with Crippen LogP contribution in [0.3, 0.4) is 0 Å². The van der Waals surface area contributed by atoms with E-state index in [0.29, 0.717) is 18.7 Å². The van der Waals surface area contributed by atoms with Gasteiger partial charge in [0.1, 0.15) is 5.76 Å². The van der Waals surface area contributed by atoms with Gasteiger partial charge in [0.15, 0.2) is 0 Å². The number of hydrogen-bond acceptors (Lipinski definition) is 5. The fourth-order valence-corrected chi connectivity index (χ4v) is 3.69. The SMILES string of the molecule is Cc1cc(CN2CCN(C(=O)CNC(=O)c3ccc(-c4ccccc4)cc3)CC2)no1. The summed E-state index contributed by atoms with van der Waals surface area (Å²) in [6.07, 6.45) is 0. The Morgan fingerprint density at radius 3 is 2.29 bits per heavy atom. The van der Waals surface area contributed by atoms with E-state index in [4.69, 9.17) is 4.52 Å². The van der Waals surface area contributed by atoms with Gasteiger partial charge in [0, 0.05) is 44.4 Å². The van der Waals surface area contributed by atoms with Gasteiger partial charge in [-0.2, -0.15) is 0 Å². The van der Waals surface area contributed by atoms with Crippen LogP contribution in [-0.4, -0.2) is 59.5 Å². The minimum Gasteiger partial charge on any atom is -0.361 e. The predicted molar refractivity (Wildman–Crippen MR) is 117 cm³/mol. The lowest BCUT2D eigenvalue weighted by atomic mass is 10.0. The van der Waals surface area contributed by atoms with Crippen molar-refractivity contribution in [3.8, 4) is 11.1 Å². The second-order valence-corrected chi connectivity index (χ2v) is 7.71. The summed E-state index contributed by atoms with van der Waals surface area (Å²) in [4.78, 5) is 29.0. The number of carbonyl (C=O) groups is 2. The first-order valence-electron chi connectivity index (χ1n) is 10.4. The normalized spacial score (nSPS) is 14.4. The second kappa shape index (κ2) is 9.57. The summed E-state index contributed by atoms with van der Waals surface area (Å²) in [5.41, 5.74) is 3.59. The highest BCUT2D eigenvalue weighted by Crippen LogP contribution is 2.19. The topological polar surface area (TPSA) is 78.7 Å². The van der Waals surface area contributed by atoms with Crippen LogP contribution in [0.1, 0.15) is 21.8 Å². The number of amides is 2. The van der Waals surface area contributed by atoms with Gasteiger partial charge in [0.25, 0.3) is 5.91 Å². The number of carbonyl (C=O) groups excluding carboxylic acids is 2. The monoisotopic (exact) mass is 418 g/mol. The van der Waals surface area contributed by atoms with Crippen molar-refractivity contribution in [2.75, 3.05) is 32.7 Å². The molecule has 0 saturated carbocycles. The number of aromatic nitrogens is 1. The molecular weight excluding hydrogens is 392 g/mol. The van der Waals surface area contributed by atoms with Crippen LogP contribution in [0.2, 0.25) is 0 Å². The number of nitrogens with zero attached hydrogens (tertiary/aromatic N) is 3. The summed E-state index contributed by atoms with van der Waals surface area (Å²) in [7, 11) is 0. The van der Waals surface area contributed by atoms with Crippen LogP contribution in [0.5, 0.6) is 0 Å². The molecule has 7 heteroatoms. The third kappa shape index (κ3) is 5.38. The van der Waals surface area contributed by atoms with Crippen molar-refractivity contribution in [2.45, 2.75) is 13.5 Å². The van der Waals surface area contributed by atoms with Gasteiger partial charge in [0.05, 0.1) is 12.2 Å². The standard InChI is InChI=1S/C24H26N4O3/c1-18-15-22(26-31-18)17-27-11-13-28(14-12-27)23(29)16-25-24(30)21-9-7-20(8-10-21)19-5-3-2-4-6-19/h2-10,15H,11-14,16-17H2,1H3,(H,25,30). The van der Waals surface area contributed by atoms with Crippen molar-refractivity contribution in [3.63, 3.8) is 0 Å². The average molecular weight is 418 g/mol. The summed E-state index contributed by atoms with van der Waals surface area (Å²) in [6, 6.07) is 19.3. The molecule has 1 aliphatic heterocycles. The molecule has 0 atom stereocenters. The van der Waals surface area contributed by atoms with Crippen LogP contribution in [0.25, 0.3) is 11.1 Å². The molecule has 7 nitrogen and oxygen atoms in total. The number of hydrogen-bond donors (Lipinski definition) is 1. The van der Waals surface area contributed by atoms with Crippen molar-refractivity contribution >= 4 is 11.8 Å². The highest BCUT2D eigenvalue weighted by molar-refractivity contribution is 5.96. The average Bonchev–Trinajstić information content (AvgIpc) is 3.23. The van der Waals surface area contributed by atoms with Crippen LogP contribution in [0.4, 0.5) is 0 Å². The van der Waals surface area contributed by atoms with Crippen molar-refractivity contribution in [2.24, 2.45) is 0 Å². The Balaban J connectivity index is 1.23. The molecule has 31 heavy (non-hydrogen) atoms. The third-order valence-corrected chi connectivity index (χ3v) is 5.44. The van der Waals surface area contributed by atoms with Gasteiger partial charge >= 0.3 is 0 Å². The van der Waals surface area contributed by atoms with Crippen molar-refractivity contribution in [1.82, 2.24) is 20.3 Å². The van der Waals surface area contributed by atoms with Gasteiger partial charge in [-0.25, -0.2) is 0 Å². The van der Waals surface area contributed by atoms with Gasteiger partial charge < -0.3 is 14.7 Å². The van der Waals surface area contributed by atoms with Crippen LogP contribution in [-0.2, 0) is 11.3 Å². The minimum atomic E-state index is -0.243. The largest absolute Gasteiger partial charge is 0.361 e. The summed E-state index contributed by atoms with van der Waals surface area (Å²) >= 11 is 0. The maximum atomic E-state index is 12.5. The van der Waals surface area contributed by atoms with Crippen LogP contribution < -0.4 is 5.32 Å². The molecular formula is C24H26N4O3. The van der Waals surface area contributed by atoms with Crippen LogP contribution in [0.15, 0.2) is 65.2 Å². The van der Waals surface area contributed by atoms with Gasteiger partial charge in [-0.3, -0.25) is 14.5 Å². The van der Waals surface area contributed by atoms with E-state index in [1.165, 1.54) is 0 Å². The highest BCUT2D eigenvalue weighted by Gasteiger charge is 2.22. The zero-order valence-corrected chi connectivity index (χ0v) is 17.6. The fraction of sp³-hybridized carbons (Fsp3) is 0.292. The minimum absolute atomic E-state index is 0.00174. The molecule has 2 aromatic carbocycles. The number of aryl methyl sites for hydroxylation is 1. The molecule has 1 fully saturated rings. The van der Waals surface area contributed by atoms with Crippen molar-refractivity contribution in [3.05, 3.63) is 77.7 Å². The van der Waals surface area contributed by atoms with E-state index in [1.54, 1.807) is 17.0 Å². The smallest absolute Gasteiger partial charge is 0.251 e. The fourth-order valence-electron chi connectivity index (χ4n) is 3.69. The number of piperazine rings is 1. The first kappa shape index (κ1) is 20.8. The molecule has 1 N–H and O–H groups in total. The summed E-state index contributed by atoms with van der Waals surface area (Å²) in [6.45, 7) is 5.41. The molecule has 0 spiro atoms. The van der Waals surface area contributed by atoms with Crippen LogP contribution >= 0.6 is 0 Å². The third-order valence-electron chi connectivity index (χ3n) is 5.44. The first-order valence-corrected chi connectivity index (χ1v) is 10.4. The Labute approximate surface area is 181 Å². The maximum absolute atomic E-state index is 12.5. The van der Waals surface area contributed by atoms with E-state index >= 15 is 0 Å². The molecule has 1 aromatic heterocycles. The zero-order chi connectivity index (χ0) is 21.6. The van der Waals surface area contributed by atoms with Gasteiger partial charge in [-0.05, 0) is 30.2 Å². The summed E-state index contributed by atoms with van der Waals surface area (Å²) in [5, 5.41) is 6.76. The van der Waals surface area contributed by atoms with Gasteiger partial charge in [-0.1, -0.05) is 47.6 Å². The zero-order valence-electron chi connectivity index (χ0n) is 17.6. The van der Waals surface area contributed by atoms with Crippen molar-refractivity contribution < 1.29 is 14.1 Å². The molecule has 0 bridgehead atoms. The maximum Gasteiger partial charge on any atom is 0.251 e. The van der Waals surface area contributed by atoms with E-state index in [-0.39, 0.29) is 18.4 Å². The van der Waals surface area contributed by atoms with E-state index in [2.05, 4.69) is 15.4 Å². The molecule has 3 aromatic rings. The molecule has 1 aliphatic rings. The van der Waals surface area contributed by atoms with Crippen LogP contribution in [0, 0.1) is 6.92 Å². The second-order valence-electron chi connectivity index (χ2n) is 7.71. The highest BCUT2D eigenvalue weighted by atomic mass is 16.5. The van der Waals surface area contributed by atoms with E-state index in [9.17, 15) is 9.59 Å². The number of nitrogens with one attached hydrogen (secondary N) is 1. The van der Waals surface area contributed by atoms with Gasteiger partial charge in [-0.15, -0.1) is 0 Å². The molecule has 0 aliphatic carbocycles. The lowest BCUT2D eigenvalue weighted by Gasteiger charge is -2.34. The lowest BCUT2D eigenvalue weighted by Crippen LogP contribution is -2.50. The van der Waals surface area contributed by atoms with E-state index < -0.39 is 0 Å². The molecule has 2 amide bonds.